The number of aromatic amines is 1. The van der Waals surface area contributed by atoms with Gasteiger partial charge in [0.2, 0.25) is 0 Å². The summed E-state index contributed by atoms with van der Waals surface area (Å²) in [5, 5.41) is 4.50. The quantitative estimate of drug-likeness (QED) is 0.750. The Labute approximate surface area is 123 Å². The highest BCUT2D eigenvalue weighted by molar-refractivity contribution is 7.71. The average molecular weight is 286 g/mol. The van der Waals surface area contributed by atoms with Crippen molar-refractivity contribution in [2.75, 3.05) is 0 Å². The molecule has 1 aromatic carbocycles. The van der Waals surface area contributed by atoms with E-state index in [0.29, 0.717) is 0 Å². The molecule has 0 aliphatic carbocycles. The molecule has 0 radical (unpaired) electrons. The maximum absolute atomic E-state index is 5.46. The standard InChI is InChI=1S/C15H18N4S/c1-4-12-11(8-18(3)17-12)9-19-14-7-10(2)5-6-13(14)16-15(19)20/h5-8H,4,9H2,1-3H3,(H,16,20). The average Bonchev–Trinajstić information content (AvgIpc) is 2.91. The molecule has 0 saturated heterocycles. The molecule has 0 atom stereocenters. The van der Waals surface area contributed by atoms with Crippen LogP contribution in [-0.4, -0.2) is 19.3 Å². The van der Waals surface area contributed by atoms with Crippen molar-refractivity contribution in [3.05, 3.63) is 46.0 Å². The first-order valence-corrected chi connectivity index (χ1v) is 7.20. The van der Waals surface area contributed by atoms with Crippen molar-refractivity contribution in [2.45, 2.75) is 26.8 Å². The van der Waals surface area contributed by atoms with Crippen LogP contribution in [0.25, 0.3) is 11.0 Å². The van der Waals surface area contributed by atoms with E-state index in [0.717, 1.165) is 34.5 Å². The second-order valence-corrected chi connectivity index (χ2v) is 5.55. The first-order chi connectivity index (χ1) is 9.58. The monoisotopic (exact) mass is 286 g/mol. The van der Waals surface area contributed by atoms with Crippen LogP contribution < -0.4 is 0 Å². The van der Waals surface area contributed by atoms with E-state index in [1.165, 1.54) is 11.1 Å². The molecular weight excluding hydrogens is 268 g/mol. The molecule has 2 heterocycles. The van der Waals surface area contributed by atoms with Gasteiger partial charge in [0.05, 0.1) is 23.3 Å². The van der Waals surface area contributed by atoms with Crippen LogP contribution in [0.1, 0.15) is 23.7 Å². The number of rotatable bonds is 3. The van der Waals surface area contributed by atoms with Gasteiger partial charge in [-0.25, -0.2) is 0 Å². The Balaban J connectivity index is 2.12. The molecule has 0 aliphatic rings. The molecule has 5 heteroatoms. The summed E-state index contributed by atoms with van der Waals surface area (Å²) in [6.07, 6.45) is 3.01. The van der Waals surface area contributed by atoms with Crippen LogP contribution in [0.3, 0.4) is 0 Å². The normalized spacial score (nSPS) is 11.3. The molecule has 0 fully saturated rings. The van der Waals surface area contributed by atoms with Crippen molar-refractivity contribution in [1.82, 2.24) is 19.3 Å². The van der Waals surface area contributed by atoms with Gasteiger partial charge in [-0.1, -0.05) is 13.0 Å². The van der Waals surface area contributed by atoms with E-state index in [4.69, 9.17) is 12.2 Å². The summed E-state index contributed by atoms with van der Waals surface area (Å²) in [7, 11) is 1.96. The fourth-order valence-corrected chi connectivity index (χ4v) is 2.88. The van der Waals surface area contributed by atoms with E-state index in [-0.39, 0.29) is 0 Å². The summed E-state index contributed by atoms with van der Waals surface area (Å²) in [5.74, 6) is 0. The minimum absolute atomic E-state index is 0.761. The first kappa shape index (κ1) is 13.1. The van der Waals surface area contributed by atoms with Crippen molar-refractivity contribution in [3.63, 3.8) is 0 Å². The van der Waals surface area contributed by atoms with Crippen LogP contribution in [0.15, 0.2) is 24.4 Å². The van der Waals surface area contributed by atoms with Gasteiger partial charge in [0.15, 0.2) is 4.77 Å². The molecule has 0 unspecified atom stereocenters. The van der Waals surface area contributed by atoms with E-state index >= 15 is 0 Å². The van der Waals surface area contributed by atoms with E-state index in [2.05, 4.69) is 52.9 Å². The van der Waals surface area contributed by atoms with Crippen molar-refractivity contribution in [1.29, 1.82) is 0 Å². The lowest BCUT2D eigenvalue weighted by atomic mass is 10.2. The van der Waals surface area contributed by atoms with Crippen LogP contribution in [-0.2, 0) is 20.0 Å². The number of imidazole rings is 1. The highest BCUT2D eigenvalue weighted by atomic mass is 32.1. The van der Waals surface area contributed by atoms with Crippen molar-refractivity contribution >= 4 is 23.3 Å². The third-order valence-corrected chi connectivity index (χ3v) is 3.91. The van der Waals surface area contributed by atoms with Crippen molar-refractivity contribution in [2.24, 2.45) is 7.05 Å². The number of hydrogen-bond acceptors (Lipinski definition) is 2. The smallest absolute Gasteiger partial charge is 0.178 e. The molecule has 3 rings (SSSR count). The lowest BCUT2D eigenvalue weighted by Gasteiger charge is -2.04. The highest BCUT2D eigenvalue weighted by Crippen LogP contribution is 2.18. The van der Waals surface area contributed by atoms with Crippen molar-refractivity contribution in [3.8, 4) is 0 Å². The zero-order valence-electron chi connectivity index (χ0n) is 12.0. The van der Waals surface area contributed by atoms with Gasteiger partial charge in [0.25, 0.3) is 0 Å². The summed E-state index contributed by atoms with van der Waals surface area (Å²) in [4.78, 5) is 3.27. The number of hydrogen-bond donors (Lipinski definition) is 1. The summed E-state index contributed by atoms with van der Waals surface area (Å²) in [6.45, 7) is 4.99. The topological polar surface area (TPSA) is 38.5 Å². The molecule has 0 saturated carbocycles. The predicted molar refractivity (Wildman–Crippen MR) is 83.5 cm³/mol. The van der Waals surface area contributed by atoms with Gasteiger partial charge < -0.3 is 9.55 Å². The van der Waals surface area contributed by atoms with Crippen LogP contribution in [0.4, 0.5) is 0 Å². The molecule has 1 N–H and O–H groups in total. The molecule has 4 nitrogen and oxygen atoms in total. The molecule has 2 aromatic heterocycles. The zero-order chi connectivity index (χ0) is 14.3. The lowest BCUT2D eigenvalue weighted by molar-refractivity contribution is 0.746. The highest BCUT2D eigenvalue weighted by Gasteiger charge is 2.10. The first-order valence-electron chi connectivity index (χ1n) is 6.79. The van der Waals surface area contributed by atoms with Gasteiger partial charge in [0, 0.05) is 18.8 Å². The van der Waals surface area contributed by atoms with Crippen LogP contribution in [0.2, 0.25) is 0 Å². The van der Waals surface area contributed by atoms with E-state index < -0.39 is 0 Å². The molecule has 0 aliphatic heterocycles. The molecule has 3 aromatic rings. The van der Waals surface area contributed by atoms with Gasteiger partial charge in [-0.05, 0) is 43.3 Å². The molecule has 20 heavy (non-hydrogen) atoms. The minimum atomic E-state index is 0.761. The summed E-state index contributed by atoms with van der Waals surface area (Å²) in [6, 6.07) is 6.35. The van der Waals surface area contributed by atoms with E-state index in [9.17, 15) is 0 Å². The van der Waals surface area contributed by atoms with Crippen molar-refractivity contribution < 1.29 is 0 Å². The van der Waals surface area contributed by atoms with Crippen LogP contribution in [0.5, 0.6) is 0 Å². The predicted octanol–water partition coefficient (Wildman–Crippen LogP) is 3.35. The molecule has 0 spiro atoms. The third-order valence-electron chi connectivity index (χ3n) is 3.59. The van der Waals surface area contributed by atoms with Gasteiger partial charge in [0.1, 0.15) is 0 Å². The maximum Gasteiger partial charge on any atom is 0.178 e. The Morgan fingerprint density at radius 2 is 2.15 bits per heavy atom. The Morgan fingerprint density at radius 3 is 2.90 bits per heavy atom. The summed E-state index contributed by atoms with van der Waals surface area (Å²) in [5.41, 5.74) is 5.84. The third kappa shape index (κ3) is 2.18. The molecule has 104 valence electrons. The van der Waals surface area contributed by atoms with Crippen LogP contribution >= 0.6 is 12.2 Å². The van der Waals surface area contributed by atoms with Gasteiger partial charge in [-0.2, -0.15) is 5.10 Å². The Bertz CT molecular complexity index is 822. The lowest BCUT2D eigenvalue weighted by Crippen LogP contribution is -2.01. The second kappa shape index (κ2) is 4.90. The second-order valence-electron chi connectivity index (χ2n) is 5.17. The number of nitrogens with zero attached hydrogens (tertiary/aromatic N) is 3. The summed E-state index contributed by atoms with van der Waals surface area (Å²) < 4.78 is 4.78. The number of aryl methyl sites for hydroxylation is 3. The Morgan fingerprint density at radius 1 is 1.35 bits per heavy atom. The SMILES string of the molecule is CCc1nn(C)cc1Cn1c(=S)[nH]c2ccc(C)cc21. The minimum Gasteiger partial charge on any atom is -0.331 e. The Kier molecular flexibility index (Phi) is 3.22. The zero-order valence-corrected chi connectivity index (χ0v) is 12.8. The number of nitrogens with one attached hydrogen (secondary N) is 1. The maximum atomic E-state index is 5.46. The number of fused-ring (bicyclic) bond motifs is 1. The van der Waals surface area contributed by atoms with Crippen LogP contribution in [0, 0.1) is 11.7 Å². The largest absolute Gasteiger partial charge is 0.331 e. The summed E-state index contributed by atoms with van der Waals surface area (Å²) >= 11 is 5.46. The molecule has 0 amide bonds. The molecular formula is C15H18N4S. The number of benzene rings is 1. The van der Waals surface area contributed by atoms with E-state index in [1.54, 1.807) is 0 Å². The fourth-order valence-electron chi connectivity index (χ4n) is 2.60. The number of aromatic nitrogens is 4. The fraction of sp³-hybridized carbons (Fsp3) is 0.333. The van der Waals surface area contributed by atoms with E-state index in [1.807, 2.05) is 11.7 Å². The van der Waals surface area contributed by atoms with Gasteiger partial charge in [-0.3, -0.25) is 4.68 Å². The molecule has 0 bridgehead atoms. The number of H-pyrrole nitrogens is 1. The van der Waals surface area contributed by atoms with Gasteiger partial charge in [-0.15, -0.1) is 0 Å². The van der Waals surface area contributed by atoms with Gasteiger partial charge >= 0.3 is 0 Å². The Hall–Kier alpha value is -1.88.